The quantitative estimate of drug-likeness (QED) is 0.657. The van der Waals surface area contributed by atoms with E-state index < -0.39 is 16.0 Å². The SMILES string of the molecule is CCOC(=O)CCC(=O)Nc1ccc(S(=O)(=O)Nc2ccc(C)cc2C)cc1. The van der Waals surface area contributed by atoms with Crippen molar-refractivity contribution in [3.8, 4) is 0 Å². The highest BCUT2D eigenvalue weighted by molar-refractivity contribution is 7.92. The predicted molar refractivity (Wildman–Crippen MR) is 108 cm³/mol. The first-order valence-electron chi connectivity index (χ1n) is 8.87. The number of hydrogen-bond acceptors (Lipinski definition) is 5. The van der Waals surface area contributed by atoms with Gasteiger partial charge in [-0.25, -0.2) is 8.42 Å². The van der Waals surface area contributed by atoms with Crippen molar-refractivity contribution in [1.82, 2.24) is 0 Å². The second-order valence-electron chi connectivity index (χ2n) is 6.30. The minimum absolute atomic E-state index is 0.00681. The lowest BCUT2D eigenvalue weighted by molar-refractivity contribution is -0.144. The molecule has 8 heteroatoms. The van der Waals surface area contributed by atoms with Gasteiger partial charge < -0.3 is 10.1 Å². The molecule has 0 aliphatic rings. The lowest BCUT2D eigenvalue weighted by Gasteiger charge is -2.12. The zero-order chi connectivity index (χ0) is 20.7. The lowest BCUT2D eigenvalue weighted by atomic mass is 10.1. The van der Waals surface area contributed by atoms with E-state index in [0.29, 0.717) is 11.4 Å². The first-order chi connectivity index (χ1) is 13.2. The number of amides is 1. The summed E-state index contributed by atoms with van der Waals surface area (Å²) in [5.74, 6) is -0.784. The summed E-state index contributed by atoms with van der Waals surface area (Å²) in [5.41, 5.74) is 2.83. The van der Waals surface area contributed by atoms with Crippen molar-refractivity contribution in [3.63, 3.8) is 0 Å². The van der Waals surface area contributed by atoms with E-state index in [0.717, 1.165) is 11.1 Å². The first kappa shape index (κ1) is 21.4. The standard InChI is InChI=1S/C20H24N2O5S/c1-4-27-20(24)12-11-19(23)21-16-6-8-17(9-7-16)28(25,26)22-18-10-5-14(2)13-15(18)3/h5-10,13,22H,4,11-12H2,1-3H3,(H,21,23). The molecule has 28 heavy (non-hydrogen) atoms. The molecule has 2 N–H and O–H groups in total. The molecule has 2 aromatic carbocycles. The van der Waals surface area contributed by atoms with E-state index >= 15 is 0 Å². The monoisotopic (exact) mass is 404 g/mol. The number of carbonyl (C=O) groups is 2. The highest BCUT2D eigenvalue weighted by atomic mass is 32.2. The van der Waals surface area contributed by atoms with Crippen LogP contribution in [0, 0.1) is 13.8 Å². The van der Waals surface area contributed by atoms with Crippen molar-refractivity contribution in [1.29, 1.82) is 0 Å². The lowest BCUT2D eigenvalue weighted by Crippen LogP contribution is -2.15. The smallest absolute Gasteiger partial charge is 0.306 e. The van der Waals surface area contributed by atoms with Gasteiger partial charge in [-0.3, -0.25) is 14.3 Å². The van der Waals surface area contributed by atoms with Gasteiger partial charge in [0.2, 0.25) is 5.91 Å². The molecular weight excluding hydrogens is 380 g/mol. The third-order valence-electron chi connectivity index (χ3n) is 3.94. The number of esters is 1. The molecule has 0 saturated heterocycles. The number of nitrogens with one attached hydrogen (secondary N) is 2. The van der Waals surface area contributed by atoms with Crippen LogP contribution in [0.2, 0.25) is 0 Å². The summed E-state index contributed by atoms with van der Waals surface area (Å²) in [4.78, 5) is 23.2. The van der Waals surface area contributed by atoms with Gasteiger partial charge in [0.05, 0.1) is 23.6 Å². The van der Waals surface area contributed by atoms with E-state index in [1.807, 2.05) is 26.0 Å². The maximum atomic E-state index is 12.6. The van der Waals surface area contributed by atoms with Crippen molar-refractivity contribution >= 4 is 33.3 Å². The number of benzene rings is 2. The van der Waals surface area contributed by atoms with Crippen LogP contribution in [0.5, 0.6) is 0 Å². The van der Waals surface area contributed by atoms with Crippen molar-refractivity contribution in [2.24, 2.45) is 0 Å². The molecule has 0 bridgehead atoms. The van der Waals surface area contributed by atoms with Crippen molar-refractivity contribution in [2.75, 3.05) is 16.6 Å². The number of ether oxygens (including phenoxy) is 1. The summed E-state index contributed by atoms with van der Waals surface area (Å²) in [6.45, 7) is 5.74. The molecule has 150 valence electrons. The number of carbonyl (C=O) groups excluding carboxylic acids is 2. The zero-order valence-corrected chi connectivity index (χ0v) is 16.9. The Labute approximate surface area is 165 Å². The highest BCUT2D eigenvalue weighted by Gasteiger charge is 2.15. The summed E-state index contributed by atoms with van der Waals surface area (Å²) in [6, 6.07) is 11.3. The van der Waals surface area contributed by atoms with Crippen LogP contribution in [0.15, 0.2) is 47.4 Å². The Morgan fingerprint density at radius 2 is 1.68 bits per heavy atom. The van der Waals surface area contributed by atoms with Crippen LogP contribution in [0.3, 0.4) is 0 Å². The fourth-order valence-electron chi connectivity index (χ4n) is 2.52. The molecule has 0 radical (unpaired) electrons. The second kappa shape index (κ2) is 9.36. The summed E-state index contributed by atoms with van der Waals surface area (Å²) in [6.07, 6.45) is -0.0148. The maximum Gasteiger partial charge on any atom is 0.306 e. The first-order valence-corrected chi connectivity index (χ1v) is 10.3. The average Bonchev–Trinajstić information content (AvgIpc) is 2.63. The van der Waals surface area contributed by atoms with Crippen LogP contribution >= 0.6 is 0 Å². The van der Waals surface area contributed by atoms with Gasteiger partial charge in [0.25, 0.3) is 10.0 Å². The largest absolute Gasteiger partial charge is 0.466 e. The van der Waals surface area contributed by atoms with Crippen LogP contribution in [0.1, 0.15) is 30.9 Å². The fourth-order valence-corrected chi connectivity index (χ4v) is 3.65. The molecule has 7 nitrogen and oxygen atoms in total. The van der Waals surface area contributed by atoms with Crippen molar-refractivity contribution in [3.05, 3.63) is 53.6 Å². The molecule has 0 atom stereocenters. The highest BCUT2D eigenvalue weighted by Crippen LogP contribution is 2.22. The Kier molecular flexibility index (Phi) is 7.17. The summed E-state index contributed by atoms with van der Waals surface area (Å²) < 4.78 is 32.5. The van der Waals surface area contributed by atoms with Crippen LogP contribution in [0.25, 0.3) is 0 Å². The molecule has 0 aliphatic carbocycles. The molecule has 2 aromatic rings. The zero-order valence-electron chi connectivity index (χ0n) is 16.1. The van der Waals surface area contributed by atoms with Crippen molar-refractivity contribution in [2.45, 2.75) is 38.5 Å². The van der Waals surface area contributed by atoms with Gasteiger partial charge in [-0.1, -0.05) is 17.7 Å². The molecule has 0 aliphatic heterocycles. The Morgan fingerprint density at radius 3 is 2.29 bits per heavy atom. The number of sulfonamides is 1. The van der Waals surface area contributed by atoms with Gasteiger partial charge in [0.15, 0.2) is 0 Å². The van der Waals surface area contributed by atoms with E-state index in [1.54, 1.807) is 13.0 Å². The molecule has 0 unspecified atom stereocenters. The average molecular weight is 404 g/mol. The number of aryl methyl sites for hydroxylation is 2. The van der Waals surface area contributed by atoms with Gasteiger partial charge in [-0.05, 0) is 56.7 Å². The molecule has 0 spiro atoms. The maximum absolute atomic E-state index is 12.6. The van der Waals surface area contributed by atoms with Gasteiger partial charge in [-0.2, -0.15) is 0 Å². The van der Waals surface area contributed by atoms with Crippen LogP contribution in [-0.4, -0.2) is 26.9 Å². The summed E-state index contributed by atoms with van der Waals surface area (Å²) in [7, 11) is -3.75. The van der Waals surface area contributed by atoms with Gasteiger partial charge in [-0.15, -0.1) is 0 Å². The molecule has 0 fully saturated rings. The number of hydrogen-bond donors (Lipinski definition) is 2. The minimum Gasteiger partial charge on any atom is -0.466 e. The third-order valence-corrected chi connectivity index (χ3v) is 5.32. The van der Waals surface area contributed by atoms with Crippen LogP contribution in [-0.2, 0) is 24.3 Å². The number of anilines is 2. The fraction of sp³-hybridized carbons (Fsp3) is 0.300. The predicted octanol–water partition coefficient (Wildman–Crippen LogP) is 3.39. The normalized spacial score (nSPS) is 11.0. The van der Waals surface area contributed by atoms with E-state index in [9.17, 15) is 18.0 Å². The van der Waals surface area contributed by atoms with Crippen LogP contribution in [0.4, 0.5) is 11.4 Å². The molecule has 0 aromatic heterocycles. The summed E-state index contributed by atoms with van der Waals surface area (Å²) >= 11 is 0. The Bertz CT molecular complexity index is 953. The molecule has 0 saturated carbocycles. The minimum atomic E-state index is -3.75. The second-order valence-corrected chi connectivity index (χ2v) is 7.98. The van der Waals surface area contributed by atoms with E-state index in [1.165, 1.54) is 24.3 Å². The van der Waals surface area contributed by atoms with Crippen molar-refractivity contribution < 1.29 is 22.7 Å². The molecule has 0 heterocycles. The van der Waals surface area contributed by atoms with Gasteiger partial charge in [0, 0.05) is 12.1 Å². The van der Waals surface area contributed by atoms with Crippen LogP contribution < -0.4 is 10.0 Å². The molecule has 2 rings (SSSR count). The topological polar surface area (TPSA) is 102 Å². The molecule has 1 amide bonds. The summed E-state index contributed by atoms with van der Waals surface area (Å²) in [5, 5.41) is 2.62. The number of rotatable bonds is 8. The Morgan fingerprint density at radius 1 is 1.00 bits per heavy atom. The van der Waals surface area contributed by atoms with E-state index in [2.05, 4.69) is 10.0 Å². The van der Waals surface area contributed by atoms with Gasteiger partial charge >= 0.3 is 5.97 Å². The Balaban J connectivity index is 2.00. The van der Waals surface area contributed by atoms with E-state index in [-0.39, 0.29) is 30.3 Å². The van der Waals surface area contributed by atoms with Gasteiger partial charge in [0.1, 0.15) is 0 Å². The third kappa shape index (κ3) is 6.09. The van der Waals surface area contributed by atoms with E-state index in [4.69, 9.17) is 4.74 Å². The molecular formula is C20H24N2O5S. The Hall–Kier alpha value is -2.87.